The maximum atomic E-state index is 10.8. The molecule has 7 heteroatoms. The number of anilines is 1. The Balaban J connectivity index is 2.07. The van der Waals surface area contributed by atoms with Crippen molar-refractivity contribution in [1.29, 1.82) is 0 Å². The van der Waals surface area contributed by atoms with Crippen molar-refractivity contribution in [3.05, 3.63) is 49.3 Å². The van der Waals surface area contributed by atoms with Crippen molar-refractivity contribution in [2.45, 2.75) is 26.3 Å². The first-order valence-electron chi connectivity index (χ1n) is 6.08. The van der Waals surface area contributed by atoms with Gasteiger partial charge in [-0.3, -0.25) is 10.1 Å². The maximum Gasteiger partial charge on any atom is 0.276 e. The predicted molar refractivity (Wildman–Crippen MR) is 81.7 cm³/mol. The summed E-state index contributed by atoms with van der Waals surface area (Å²) in [4.78, 5) is 16.9. The molecule has 5 nitrogen and oxygen atoms in total. The van der Waals surface area contributed by atoms with Crippen LogP contribution >= 0.6 is 22.9 Å². The van der Waals surface area contributed by atoms with E-state index in [-0.39, 0.29) is 16.9 Å². The van der Waals surface area contributed by atoms with E-state index in [1.54, 1.807) is 11.3 Å². The molecule has 0 radical (unpaired) electrons. The summed E-state index contributed by atoms with van der Waals surface area (Å²) in [5.74, 6) is 0.421. The third-order valence-electron chi connectivity index (χ3n) is 2.69. The van der Waals surface area contributed by atoms with Crippen molar-refractivity contribution in [1.82, 2.24) is 4.98 Å². The number of aromatic nitrogens is 1. The molecule has 0 amide bonds. The van der Waals surface area contributed by atoms with Gasteiger partial charge in [-0.2, -0.15) is 0 Å². The topological polar surface area (TPSA) is 68.1 Å². The number of aryl methyl sites for hydroxylation is 1. The van der Waals surface area contributed by atoms with E-state index >= 15 is 0 Å². The number of hydrogen-bond acceptors (Lipinski definition) is 5. The number of nitrogens with zero attached hydrogens (tertiary/aromatic N) is 2. The van der Waals surface area contributed by atoms with E-state index in [9.17, 15) is 10.1 Å². The Morgan fingerprint density at radius 1 is 1.50 bits per heavy atom. The van der Waals surface area contributed by atoms with Crippen LogP contribution in [0.25, 0.3) is 0 Å². The van der Waals surface area contributed by atoms with Gasteiger partial charge in [-0.05, 0) is 26.0 Å². The third kappa shape index (κ3) is 3.91. The van der Waals surface area contributed by atoms with Gasteiger partial charge in [0.05, 0.1) is 17.1 Å². The summed E-state index contributed by atoms with van der Waals surface area (Å²) in [5, 5.41) is 14.0. The normalized spacial score (nSPS) is 12.2. The molecule has 20 heavy (non-hydrogen) atoms. The zero-order valence-electron chi connectivity index (χ0n) is 11.1. The quantitative estimate of drug-likeness (QED) is 0.513. The first-order chi connectivity index (χ1) is 9.44. The number of halogens is 1. The molecular weight excluding hydrogens is 298 g/mol. The standard InChI is InChI=1S/C13H14ClN3O2S/c1-8(5-11-4-3-9(2)20-11)15-13-7-10(17(18)19)6-12(14)16-13/h3-4,6-8H,5H2,1-2H3,(H,15,16). The van der Waals surface area contributed by atoms with Crippen LogP contribution in [0.1, 0.15) is 16.7 Å². The second kappa shape index (κ2) is 6.19. The highest BCUT2D eigenvalue weighted by Crippen LogP contribution is 2.22. The van der Waals surface area contributed by atoms with Gasteiger partial charge in [-0.25, -0.2) is 4.98 Å². The number of hydrogen-bond donors (Lipinski definition) is 1. The van der Waals surface area contributed by atoms with E-state index in [1.165, 1.54) is 21.9 Å². The van der Waals surface area contributed by atoms with Crippen LogP contribution in [0.3, 0.4) is 0 Å². The Kier molecular flexibility index (Phi) is 4.57. The van der Waals surface area contributed by atoms with Gasteiger partial charge in [0.15, 0.2) is 0 Å². The largest absolute Gasteiger partial charge is 0.367 e. The third-order valence-corrected chi connectivity index (χ3v) is 3.90. The van der Waals surface area contributed by atoms with Crippen LogP contribution in [0.2, 0.25) is 5.15 Å². The average Bonchev–Trinajstić information content (AvgIpc) is 2.73. The first-order valence-corrected chi connectivity index (χ1v) is 7.27. The molecule has 0 saturated heterocycles. The van der Waals surface area contributed by atoms with E-state index in [0.29, 0.717) is 5.82 Å². The Labute approximate surface area is 125 Å². The van der Waals surface area contributed by atoms with Crippen molar-refractivity contribution in [2.75, 3.05) is 5.32 Å². The second-order valence-corrected chi connectivity index (χ2v) is 6.31. The lowest BCUT2D eigenvalue weighted by Crippen LogP contribution is -2.18. The molecule has 2 aromatic rings. The Hall–Kier alpha value is -1.66. The number of nitro groups is 1. The van der Waals surface area contributed by atoms with Gasteiger partial charge in [-0.15, -0.1) is 11.3 Å². The molecule has 1 atom stereocenters. The summed E-state index contributed by atoms with van der Waals surface area (Å²) < 4.78 is 0. The molecule has 0 aromatic carbocycles. The van der Waals surface area contributed by atoms with Crippen molar-refractivity contribution >= 4 is 34.4 Å². The fourth-order valence-electron chi connectivity index (χ4n) is 1.86. The molecule has 0 spiro atoms. The van der Waals surface area contributed by atoms with Crippen molar-refractivity contribution in [2.24, 2.45) is 0 Å². The molecule has 2 heterocycles. The summed E-state index contributed by atoms with van der Waals surface area (Å²) in [6, 6.07) is 6.90. The van der Waals surface area contributed by atoms with Gasteiger partial charge in [-0.1, -0.05) is 11.6 Å². The monoisotopic (exact) mass is 311 g/mol. The van der Waals surface area contributed by atoms with Crippen LogP contribution in [0, 0.1) is 17.0 Å². The number of nitrogens with one attached hydrogen (secondary N) is 1. The van der Waals surface area contributed by atoms with Gasteiger partial charge in [0.1, 0.15) is 11.0 Å². The summed E-state index contributed by atoms with van der Waals surface area (Å²) in [7, 11) is 0. The summed E-state index contributed by atoms with van der Waals surface area (Å²) in [6.07, 6.45) is 0.834. The van der Waals surface area contributed by atoms with E-state index in [4.69, 9.17) is 11.6 Å². The lowest BCUT2D eigenvalue weighted by Gasteiger charge is -2.13. The van der Waals surface area contributed by atoms with Gasteiger partial charge in [0.25, 0.3) is 5.69 Å². The maximum absolute atomic E-state index is 10.8. The molecular formula is C13H14ClN3O2S. The second-order valence-electron chi connectivity index (χ2n) is 4.55. The minimum Gasteiger partial charge on any atom is -0.367 e. The van der Waals surface area contributed by atoms with E-state index in [1.807, 2.05) is 6.92 Å². The number of pyridine rings is 1. The molecule has 106 valence electrons. The lowest BCUT2D eigenvalue weighted by molar-refractivity contribution is -0.384. The molecule has 1 unspecified atom stereocenters. The number of rotatable bonds is 5. The van der Waals surface area contributed by atoms with Crippen LogP contribution in [0.4, 0.5) is 11.5 Å². The smallest absolute Gasteiger partial charge is 0.276 e. The molecule has 2 rings (SSSR count). The first kappa shape index (κ1) is 14.7. The van der Waals surface area contributed by atoms with Gasteiger partial charge < -0.3 is 5.32 Å². The molecule has 0 aliphatic carbocycles. The van der Waals surface area contributed by atoms with Crippen molar-refractivity contribution in [3.63, 3.8) is 0 Å². The summed E-state index contributed by atoms with van der Waals surface area (Å²) >= 11 is 7.53. The zero-order valence-corrected chi connectivity index (χ0v) is 12.7. The molecule has 0 aliphatic rings. The highest BCUT2D eigenvalue weighted by atomic mass is 35.5. The fraction of sp³-hybridized carbons (Fsp3) is 0.308. The van der Waals surface area contributed by atoms with Gasteiger partial charge in [0, 0.05) is 22.2 Å². The molecule has 0 bridgehead atoms. The minimum absolute atomic E-state index is 0.0633. The van der Waals surface area contributed by atoms with E-state index in [2.05, 4.69) is 29.4 Å². The van der Waals surface area contributed by atoms with Gasteiger partial charge in [0.2, 0.25) is 0 Å². The van der Waals surface area contributed by atoms with Crippen LogP contribution in [-0.4, -0.2) is 15.9 Å². The molecule has 2 aromatic heterocycles. The molecule has 1 N–H and O–H groups in total. The zero-order chi connectivity index (χ0) is 14.7. The molecule has 0 aliphatic heterocycles. The Morgan fingerprint density at radius 3 is 2.85 bits per heavy atom. The predicted octanol–water partition coefficient (Wildman–Crippen LogP) is 4.06. The fourth-order valence-corrected chi connectivity index (χ4v) is 3.08. The van der Waals surface area contributed by atoms with Crippen LogP contribution < -0.4 is 5.32 Å². The Morgan fingerprint density at radius 2 is 2.25 bits per heavy atom. The van der Waals surface area contributed by atoms with Gasteiger partial charge >= 0.3 is 0 Å². The van der Waals surface area contributed by atoms with E-state index < -0.39 is 4.92 Å². The van der Waals surface area contributed by atoms with Crippen molar-refractivity contribution in [3.8, 4) is 0 Å². The molecule has 0 fully saturated rings. The van der Waals surface area contributed by atoms with Crippen LogP contribution in [0.5, 0.6) is 0 Å². The highest BCUT2D eigenvalue weighted by Gasteiger charge is 2.12. The van der Waals surface area contributed by atoms with Crippen LogP contribution in [0.15, 0.2) is 24.3 Å². The number of thiophene rings is 1. The summed E-state index contributed by atoms with van der Waals surface area (Å²) in [5.41, 5.74) is -0.0633. The Bertz CT molecular complexity index is 630. The van der Waals surface area contributed by atoms with Crippen LogP contribution in [-0.2, 0) is 6.42 Å². The summed E-state index contributed by atoms with van der Waals surface area (Å²) in [6.45, 7) is 4.07. The van der Waals surface area contributed by atoms with E-state index in [0.717, 1.165) is 6.42 Å². The van der Waals surface area contributed by atoms with Crippen molar-refractivity contribution < 1.29 is 4.92 Å². The lowest BCUT2D eigenvalue weighted by atomic mass is 10.2. The SMILES string of the molecule is Cc1ccc(CC(C)Nc2cc([N+](=O)[O-])cc(Cl)n2)s1. The highest BCUT2D eigenvalue weighted by molar-refractivity contribution is 7.11. The molecule has 0 saturated carbocycles. The minimum atomic E-state index is -0.480. The average molecular weight is 312 g/mol.